The number of halogens is 1. The maximum absolute atomic E-state index is 14.1. The average molecular weight is 263 g/mol. The molecule has 1 aliphatic rings. The van der Waals surface area contributed by atoms with Crippen molar-refractivity contribution >= 4 is 11.8 Å². The summed E-state index contributed by atoms with van der Waals surface area (Å²) in [7, 11) is 0. The summed E-state index contributed by atoms with van der Waals surface area (Å²) in [6.07, 6.45) is 0.748. The Labute approximate surface area is 112 Å². The van der Waals surface area contributed by atoms with Crippen LogP contribution in [0.3, 0.4) is 0 Å². The lowest BCUT2D eigenvalue weighted by Gasteiger charge is -2.24. The number of nitrogens with one attached hydrogen (secondary N) is 1. The topological polar surface area (TPSA) is 46.2 Å². The highest BCUT2D eigenvalue weighted by atomic mass is 19.1. The van der Waals surface area contributed by atoms with Gasteiger partial charge in [0.2, 0.25) is 11.8 Å². The van der Waals surface area contributed by atoms with Crippen LogP contribution >= 0.6 is 0 Å². The Bertz CT molecular complexity index is 531. The minimum atomic E-state index is -0.429. The van der Waals surface area contributed by atoms with Crippen molar-refractivity contribution in [1.29, 1.82) is 0 Å². The van der Waals surface area contributed by atoms with Gasteiger partial charge in [0.15, 0.2) is 0 Å². The third kappa shape index (κ3) is 2.83. The molecule has 1 saturated heterocycles. The van der Waals surface area contributed by atoms with Gasteiger partial charge < -0.3 is 0 Å². The lowest BCUT2D eigenvalue weighted by Crippen LogP contribution is -2.39. The highest BCUT2D eigenvalue weighted by Gasteiger charge is 2.29. The molecule has 1 aromatic carbocycles. The molecule has 3 nitrogen and oxygen atoms in total. The normalized spacial score (nSPS) is 20.3. The van der Waals surface area contributed by atoms with Crippen molar-refractivity contribution in [2.24, 2.45) is 0 Å². The van der Waals surface area contributed by atoms with E-state index in [0.29, 0.717) is 24.0 Å². The van der Waals surface area contributed by atoms with E-state index in [4.69, 9.17) is 0 Å². The van der Waals surface area contributed by atoms with Gasteiger partial charge in [-0.05, 0) is 29.0 Å². The lowest BCUT2D eigenvalue weighted by atomic mass is 9.83. The van der Waals surface area contributed by atoms with Crippen LogP contribution in [0.4, 0.5) is 4.39 Å². The van der Waals surface area contributed by atoms with Crippen LogP contribution in [0.2, 0.25) is 0 Å². The van der Waals surface area contributed by atoms with Crippen molar-refractivity contribution in [3.8, 4) is 0 Å². The third-order valence-corrected chi connectivity index (χ3v) is 3.44. The molecule has 0 aromatic heterocycles. The van der Waals surface area contributed by atoms with Crippen LogP contribution in [0.5, 0.6) is 0 Å². The predicted molar refractivity (Wildman–Crippen MR) is 70.2 cm³/mol. The van der Waals surface area contributed by atoms with Gasteiger partial charge in [-0.2, -0.15) is 0 Å². The van der Waals surface area contributed by atoms with Crippen LogP contribution in [-0.4, -0.2) is 11.8 Å². The van der Waals surface area contributed by atoms with Gasteiger partial charge in [-0.25, -0.2) is 4.39 Å². The van der Waals surface area contributed by atoms with Gasteiger partial charge in [0, 0.05) is 6.42 Å². The molecule has 0 aliphatic carbocycles. The standard InChI is InChI=1S/C15H18FNO2/c1-15(2,3)11-6-4-9(8-12(11)16)10-5-7-13(18)17-14(10)19/h4,6,8,10H,5,7H2,1-3H3,(H,17,18,19). The maximum atomic E-state index is 14.1. The molecule has 2 rings (SSSR count). The first-order valence-electron chi connectivity index (χ1n) is 6.42. The molecule has 0 radical (unpaired) electrons. The number of piperidine rings is 1. The van der Waals surface area contributed by atoms with E-state index in [1.165, 1.54) is 6.07 Å². The van der Waals surface area contributed by atoms with Gasteiger partial charge in [-0.1, -0.05) is 32.9 Å². The number of imide groups is 1. The van der Waals surface area contributed by atoms with Crippen LogP contribution in [0.15, 0.2) is 18.2 Å². The van der Waals surface area contributed by atoms with Crippen molar-refractivity contribution in [3.63, 3.8) is 0 Å². The summed E-state index contributed by atoms with van der Waals surface area (Å²) in [5.41, 5.74) is 0.993. The van der Waals surface area contributed by atoms with Crippen LogP contribution in [-0.2, 0) is 15.0 Å². The number of hydrogen-bond donors (Lipinski definition) is 1. The second kappa shape index (κ2) is 4.76. The molecule has 102 valence electrons. The summed E-state index contributed by atoms with van der Waals surface area (Å²) in [5, 5.41) is 2.29. The zero-order valence-corrected chi connectivity index (χ0v) is 11.4. The minimum absolute atomic E-state index is 0.256. The van der Waals surface area contributed by atoms with Gasteiger partial charge in [0.1, 0.15) is 5.82 Å². The van der Waals surface area contributed by atoms with Gasteiger partial charge in [-0.15, -0.1) is 0 Å². The van der Waals surface area contributed by atoms with E-state index >= 15 is 0 Å². The Kier molecular flexibility index (Phi) is 3.43. The fraction of sp³-hybridized carbons (Fsp3) is 0.467. The Balaban J connectivity index is 2.30. The zero-order chi connectivity index (χ0) is 14.2. The highest BCUT2D eigenvalue weighted by molar-refractivity contribution is 6.00. The fourth-order valence-electron chi connectivity index (χ4n) is 2.37. The van der Waals surface area contributed by atoms with Gasteiger partial charge in [0.25, 0.3) is 0 Å². The quantitative estimate of drug-likeness (QED) is 0.792. The Morgan fingerprint density at radius 3 is 2.47 bits per heavy atom. The number of amides is 2. The zero-order valence-electron chi connectivity index (χ0n) is 11.4. The molecule has 1 aromatic rings. The molecule has 2 amide bonds. The van der Waals surface area contributed by atoms with Gasteiger partial charge in [0.05, 0.1) is 5.92 Å². The summed E-state index contributed by atoms with van der Waals surface area (Å²) >= 11 is 0. The highest BCUT2D eigenvalue weighted by Crippen LogP contribution is 2.30. The molecule has 1 N–H and O–H groups in total. The van der Waals surface area contributed by atoms with E-state index in [2.05, 4.69) is 5.32 Å². The second-order valence-electron chi connectivity index (χ2n) is 5.99. The van der Waals surface area contributed by atoms with E-state index < -0.39 is 5.92 Å². The van der Waals surface area contributed by atoms with E-state index in [1.807, 2.05) is 20.8 Å². The van der Waals surface area contributed by atoms with Crippen molar-refractivity contribution < 1.29 is 14.0 Å². The number of benzene rings is 1. The lowest BCUT2D eigenvalue weighted by molar-refractivity contribution is -0.134. The van der Waals surface area contributed by atoms with E-state index in [9.17, 15) is 14.0 Å². The van der Waals surface area contributed by atoms with Gasteiger partial charge in [-0.3, -0.25) is 14.9 Å². The SMILES string of the molecule is CC(C)(C)c1ccc(C2CCC(=O)NC2=O)cc1F. The van der Waals surface area contributed by atoms with Crippen LogP contribution in [0, 0.1) is 5.82 Å². The van der Waals surface area contributed by atoms with Crippen LogP contribution in [0.25, 0.3) is 0 Å². The first kappa shape index (κ1) is 13.7. The molecule has 0 bridgehead atoms. The summed E-state index contributed by atoms with van der Waals surface area (Å²) in [4.78, 5) is 22.8. The molecule has 0 spiro atoms. The first-order valence-corrected chi connectivity index (χ1v) is 6.42. The first-order chi connectivity index (χ1) is 8.79. The molecule has 1 fully saturated rings. The van der Waals surface area contributed by atoms with E-state index in [-0.39, 0.29) is 23.0 Å². The number of carbonyl (C=O) groups excluding carboxylic acids is 2. The number of hydrogen-bond acceptors (Lipinski definition) is 2. The summed E-state index contributed by atoms with van der Waals surface area (Å²) in [5.74, 6) is -1.32. The monoisotopic (exact) mass is 263 g/mol. The van der Waals surface area contributed by atoms with Crippen LogP contribution < -0.4 is 5.32 Å². The smallest absolute Gasteiger partial charge is 0.234 e. The summed E-state index contributed by atoms with van der Waals surface area (Å²) < 4.78 is 14.1. The molecular formula is C15H18FNO2. The van der Waals surface area contributed by atoms with E-state index in [0.717, 1.165) is 0 Å². The molecule has 1 unspecified atom stereocenters. The van der Waals surface area contributed by atoms with E-state index in [1.54, 1.807) is 12.1 Å². The summed E-state index contributed by atoms with van der Waals surface area (Å²) in [6, 6.07) is 4.93. The Hall–Kier alpha value is -1.71. The van der Waals surface area contributed by atoms with Crippen molar-refractivity contribution in [2.75, 3.05) is 0 Å². The van der Waals surface area contributed by atoms with Gasteiger partial charge >= 0.3 is 0 Å². The van der Waals surface area contributed by atoms with Crippen molar-refractivity contribution in [2.45, 2.75) is 44.9 Å². The van der Waals surface area contributed by atoms with Crippen molar-refractivity contribution in [3.05, 3.63) is 35.1 Å². The Morgan fingerprint density at radius 2 is 1.95 bits per heavy atom. The molecule has 1 atom stereocenters. The third-order valence-electron chi connectivity index (χ3n) is 3.44. The molecular weight excluding hydrogens is 245 g/mol. The molecule has 1 aliphatic heterocycles. The van der Waals surface area contributed by atoms with Crippen molar-refractivity contribution in [1.82, 2.24) is 5.32 Å². The van der Waals surface area contributed by atoms with Crippen LogP contribution in [0.1, 0.15) is 50.7 Å². The largest absolute Gasteiger partial charge is 0.296 e. The maximum Gasteiger partial charge on any atom is 0.234 e. The number of rotatable bonds is 1. The molecule has 1 heterocycles. The molecule has 19 heavy (non-hydrogen) atoms. The summed E-state index contributed by atoms with van der Waals surface area (Å²) in [6.45, 7) is 5.82. The number of carbonyl (C=O) groups is 2. The Morgan fingerprint density at radius 1 is 1.26 bits per heavy atom. The molecule has 4 heteroatoms. The fourth-order valence-corrected chi connectivity index (χ4v) is 2.37. The average Bonchev–Trinajstić information content (AvgIpc) is 2.26. The minimum Gasteiger partial charge on any atom is -0.296 e. The predicted octanol–water partition coefficient (Wildman–Crippen LogP) is 2.64. The second-order valence-corrected chi connectivity index (χ2v) is 5.99. The molecule has 0 saturated carbocycles.